The molecule has 6 aromatic rings. The van der Waals surface area contributed by atoms with Crippen LogP contribution in [-0.2, 0) is 103 Å². The summed E-state index contributed by atoms with van der Waals surface area (Å²) in [5, 5.41) is 12.7. The van der Waals surface area contributed by atoms with E-state index < -0.39 is 186 Å². The Morgan fingerprint density at radius 2 is 0.277 bits per heavy atom. The SMILES string of the molecule is C1CCOC1.C1CCOC1.C1CCOC1.C1CCOC1.C1CCOC1.C1CCOC1.FC(F)(F)c1nc(C(F)(F)F)n([BH-](n2nc(C(F)(F)F)nc2C(F)(F)F)n2nc(C(F)(F)F)nc2C(F)(F)F)n1.FC(F)(F)c1nc(C(F)(F)F)n([BH-](n2nc(C(F)(F)F)nc2C(F)(F)F)n2nc(C(F)(F)F)nc2C(F)(F)F)n1.[Na+].[Na+]. The number of halogens is 36. The third-order valence-electron chi connectivity index (χ3n) is 13.6. The molecule has 0 N–H and O–H groups in total. The van der Waals surface area contributed by atoms with E-state index in [1.165, 1.54) is 77.0 Å². The van der Waals surface area contributed by atoms with Crippen LogP contribution in [-0.4, -0.2) is 182 Å². The van der Waals surface area contributed by atoms with Crippen molar-refractivity contribution in [3.8, 4) is 0 Å². The predicted octanol–water partition coefficient (Wildman–Crippen LogP) is 7.26. The number of ether oxygens (including phenoxy) is 6. The van der Waals surface area contributed by atoms with E-state index in [0.29, 0.717) is 0 Å². The number of alkyl halides is 36. The Morgan fingerprint density at radius 1 is 0.179 bits per heavy atom. The Kier molecular flexibility index (Phi) is 36.2. The topological polar surface area (TPSA) is 240 Å². The van der Waals surface area contributed by atoms with Gasteiger partial charge in [-0.3, -0.25) is 0 Å². The second-order valence-corrected chi connectivity index (χ2v) is 22.3. The summed E-state index contributed by atoms with van der Waals surface area (Å²) in [5.74, 6) is -36.2. The molecule has 6 saturated heterocycles. The Hall–Kier alpha value is -5.79. The molecule has 0 radical (unpaired) electrons. The van der Waals surface area contributed by atoms with E-state index in [1.54, 1.807) is 0 Å². The normalized spacial score (nSPS) is 16.8. The molecule has 64 heteroatoms. The van der Waals surface area contributed by atoms with Gasteiger partial charge < -0.3 is 56.0 Å². The third kappa shape index (κ3) is 30.0. The minimum atomic E-state index is -6.28. The Morgan fingerprint density at radius 3 is 0.339 bits per heavy atom. The first-order valence-corrected chi connectivity index (χ1v) is 30.7. The molecule has 0 amide bonds. The molecule has 6 aliphatic heterocycles. The molecule has 6 aromatic heterocycles. The van der Waals surface area contributed by atoms with E-state index >= 15 is 0 Å². The van der Waals surface area contributed by atoms with Crippen LogP contribution in [0.5, 0.6) is 0 Å². The standard InChI is InChI=1S/2C12HBF18N9.6C4H8O.2Na/c2*14-7(15,16)1-32-4(10(23,24)25)38(35-1)13(39-5(11(26,27)28)33-2(36-39)8(17,18)19)40-6(12(29,30)31)34-3(37-40)9(20,21)22;6*1-2-4-5-3-1;;/h2*13H;6*1-4H2;;/q2*-1;;;;;;;2*+1. The summed E-state index contributed by atoms with van der Waals surface area (Å²) in [7, 11) is -11.0. The van der Waals surface area contributed by atoms with Crippen LogP contribution in [0.15, 0.2) is 0 Å². The van der Waals surface area contributed by atoms with Gasteiger partial charge in [0.1, 0.15) is 0 Å². The molecule has 0 unspecified atom stereocenters. The fourth-order valence-corrected chi connectivity index (χ4v) is 9.04. The quantitative estimate of drug-likeness (QED) is 0.118. The zero-order valence-electron chi connectivity index (χ0n) is 56.5. The van der Waals surface area contributed by atoms with Crippen molar-refractivity contribution in [3.05, 3.63) is 69.9 Å². The number of hydrogen-bond donors (Lipinski definition) is 0. The fourth-order valence-electron chi connectivity index (χ4n) is 9.04. The molecule has 6 fully saturated rings. The van der Waals surface area contributed by atoms with Gasteiger partial charge in [0.05, 0.1) is 0 Å². The van der Waals surface area contributed by atoms with E-state index in [2.05, 4.69) is 30.6 Å². The van der Waals surface area contributed by atoms with Gasteiger partial charge in [0.2, 0.25) is 0 Å². The molecular weight excluding hydrogens is 1680 g/mol. The van der Waals surface area contributed by atoms with Crippen LogP contribution in [0.1, 0.15) is 147 Å². The predicted molar refractivity (Wildman–Crippen MR) is 287 cm³/mol. The Balaban J connectivity index is 0.000000412. The summed E-state index contributed by atoms with van der Waals surface area (Å²) in [5.41, 5.74) is 0. The number of rotatable bonds is 6. The van der Waals surface area contributed by atoms with Crippen molar-refractivity contribution in [1.29, 1.82) is 0 Å². The van der Waals surface area contributed by atoms with E-state index in [1.807, 2.05) is 29.9 Å². The average Bonchev–Trinajstić information content (AvgIpc) is 1.57. The van der Waals surface area contributed by atoms with E-state index in [9.17, 15) is 158 Å². The van der Waals surface area contributed by atoms with Crippen molar-refractivity contribution < 1.29 is 246 Å². The van der Waals surface area contributed by atoms with Gasteiger partial charge in [0.25, 0.3) is 34.9 Å². The van der Waals surface area contributed by atoms with Crippen molar-refractivity contribution in [2.75, 3.05) is 79.3 Å². The van der Waals surface area contributed by atoms with Crippen LogP contribution in [0.2, 0.25) is 0 Å². The second-order valence-electron chi connectivity index (χ2n) is 22.3. The summed E-state index contributed by atoms with van der Waals surface area (Å²) in [6, 6.07) is 0. The van der Waals surface area contributed by atoms with E-state index in [-0.39, 0.29) is 59.1 Å². The molecule has 0 bridgehead atoms. The smallest absolute Gasteiger partial charge is 0.381 e. The molecular formula is C48H50B2F36N18Na2O6. The van der Waals surface area contributed by atoms with Gasteiger partial charge in [-0.15, -0.1) is 0 Å². The Labute approximate surface area is 645 Å². The van der Waals surface area contributed by atoms with Gasteiger partial charge in [-0.1, -0.05) is 0 Å². The fraction of sp³-hybridized carbons (Fsp3) is 0.750. The van der Waals surface area contributed by atoms with Crippen molar-refractivity contribution in [1.82, 2.24) is 88.1 Å². The minimum Gasteiger partial charge on any atom is -0.381 e. The molecule has 12 heterocycles. The van der Waals surface area contributed by atoms with Crippen molar-refractivity contribution in [2.45, 2.75) is 151 Å². The zero-order chi connectivity index (χ0) is 83.2. The van der Waals surface area contributed by atoms with Gasteiger partial charge in [-0.05, 0) is 77.0 Å². The van der Waals surface area contributed by atoms with Gasteiger partial charge >= 0.3 is 147 Å². The van der Waals surface area contributed by atoms with Crippen LogP contribution >= 0.6 is 0 Å². The first-order valence-electron chi connectivity index (χ1n) is 30.7. The minimum absolute atomic E-state index is 0. The maximum Gasteiger partial charge on any atom is 1.00 e. The molecule has 6 aliphatic rings. The summed E-state index contributed by atoms with van der Waals surface area (Å²) >= 11 is 0. The summed E-state index contributed by atoms with van der Waals surface area (Å²) in [6.07, 6.45) is -58.5. The average molecular weight is 1730 g/mol. The maximum atomic E-state index is 13.5. The van der Waals surface area contributed by atoms with Gasteiger partial charge in [0.15, 0.2) is 34.9 Å². The molecule has 12 rings (SSSR count). The van der Waals surface area contributed by atoms with E-state index in [0.717, 1.165) is 79.3 Å². The van der Waals surface area contributed by atoms with Crippen molar-refractivity contribution >= 4 is 14.2 Å². The first kappa shape index (κ1) is 100. The number of aromatic nitrogens is 18. The summed E-state index contributed by atoms with van der Waals surface area (Å²) in [6.45, 7) is 12.0. The van der Waals surface area contributed by atoms with Crippen LogP contribution in [0.4, 0.5) is 158 Å². The van der Waals surface area contributed by atoms with Crippen molar-refractivity contribution in [2.24, 2.45) is 0 Å². The summed E-state index contributed by atoms with van der Waals surface area (Å²) < 4.78 is 500. The van der Waals surface area contributed by atoms with Crippen molar-refractivity contribution in [3.63, 3.8) is 0 Å². The molecule has 0 aliphatic carbocycles. The van der Waals surface area contributed by atoms with Gasteiger partial charge in [0, 0.05) is 79.3 Å². The number of nitrogens with zero attached hydrogens (tertiary/aromatic N) is 18. The largest absolute Gasteiger partial charge is 1.00 e. The van der Waals surface area contributed by atoms with Crippen LogP contribution in [0, 0.1) is 0 Å². The maximum absolute atomic E-state index is 13.5. The van der Waals surface area contributed by atoms with Gasteiger partial charge in [-0.2, -0.15) is 189 Å². The van der Waals surface area contributed by atoms with Crippen LogP contribution in [0.3, 0.4) is 0 Å². The molecule has 0 aromatic carbocycles. The van der Waals surface area contributed by atoms with Crippen LogP contribution in [0.25, 0.3) is 0 Å². The van der Waals surface area contributed by atoms with Gasteiger partial charge in [-0.25, -0.2) is 29.9 Å². The molecule has 0 saturated carbocycles. The molecule has 24 nitrogen and oxygen atoms in total. The monoisotopic (exact) mass is 1730 g/mol. The number of hydrogen-bond acceptors (Lipinski definition) is 18. The summed E-state index contributed by atoms with van der Waals surface area (Å²) in [4.78, 5) is 11.5. The molecule has 628 valence electrons. The first-order chi connectivity index (χ1) is 50.3. The van der Waals surface area contributed by atoms with Crippen LogP contribution < -0.4 is 59.1 Å². The Bertz CT molecular complexity index is 3120. The zero-order valence-corrected chi connectivity index (χ0v) is 60.5. The van der Waals surface area contributed by atoms with E-state index in [4.69, 9.17) is 28.4 Å². The second kappa shape index (κ2) is 40.4. The third-order valence-corrected chi connectivity index (χ3v) is 13.6. The molecule has 0 spiro atoms. The molecule has 0 atom stereocenters. The molecule has 112 heavy (non-hydrogen) atoms.